The number of rotatable bonds is 3. The largest absolute Gasteiger partial charge is 0.290 e. The van der Waals surface area contributed by atoms with Gasteiger partial charge in [-0.1, -0.05) is 0 Å². The third kappa shape index (κ3) is 2.36. The molecular weight excluding hydrogens is 226 g/mol. The summed E-state index contributed by atoms with van der Waals surface area (Å²) >= 11 is 0. The van der Waals surface area contributed by atoms with E-state index in [-0.39, 0.29) is 0 Å². The second-order valence-corrected chi connectivity index (χ2v) is 4.51. The van der Waals surface area contributed by atoms with Gasteiger partial charge in [0.25, 0.3) is 0 Å². The van der Waals surface area contributed by atoms with Crippen LogP contribution in [-0.4, -0.2) is 31.4 Å². The van der Waals surface area contributed by atoms with Crippen molar-refractivity contribution in [2.45, 2.75) is 25.4 Å². The Morgan fingerprint density at radius 3 is 2.78 bits per heavy atom. The fourth-order valence-corrected chi connectivity index (χ4v) is 2.48. The number of hydrogen-bond donors (Lipinski definition) is 0. The Hall–Kier alpha value is -1.88. The van der Waals surface area contributed by atoms with Gasteiger partial charge in [-0.3, -0.25) is 14.9 Å². The van der Waals surface area contributed by atoms with Crippen LogP contribution < -0.4 is 0 Å². The zero-order valence-corrected chi connectivity index (χ0v) is 10.1. The fraction of sp³-hybridized carbons (Fsp3) is 0.385. The number of nitrogens with zero attached hydrogens (tertiary/aromatic N) is 5. The molecule has 0 aliphatic carbocycles. The van der Waals surface area contributed by atoms with Crippen molar-refractivity contribution >= 4 is 0 Å². The van der Waals surface area contributed by atoms with Crippen LogP contribution in [0.2, 0.25) is 0 Å². The molecule has 1 aliphatic rings. The Morgan fingerprint density at radius 2 is 2.00 bits per heavy atom. The predicted molar refractivity (Wildman–Crippen MR) is 66.4 cm³/mol. The van der Waals surface area contributed by atoms with Gasteiger partial charge in [0.05, 0.1) is 11.7 Å². The van der Waals surface area contributed by atoms with Gasteiger partial charge in [-0.2, -0.15) is 0 Å². The Bertz CT molecular complexity index is 487. The van der Waals surface area contributed by atoms with E-state index in [1.165, 1.54) is 6.42 Å². The molecule has 0 unspecified atom stereocenters. The lowest BCUT2D eigenvalue weighted by Gasteiger charge is -2.23. The van der Waals surface area contributed by atoms with Crippen LogP contribution in [0.4, 0.5) is 0 Å². The molecule has 0 saturated carbocycles. The molecule has 0 bridgehead atoms. The minimum absolute atomic E-state index is 0.374. The van der Waals surface area contributed by atoms with Gasteiger partial charge in [0.15, 0.2) is 0 Å². The first-order valence-corrected chi connectivity index (χ1v) is 6.17. The van der Waals surface area contributed by atoms with E-state index in [0.29, 0.717) is 6.04 Å². The molecule has 0 N–H and O–H groups in total. The van der Waals surface area contributed by atoms with Crippen molar-refractivity contribution in [1.82, 2.24) is 24.8 Å². The highest BCUT2D eigenvalue weighted by Crippen LogP contribution is 2.31. The van der Waals surface area contributed by atoms with Crippen LogP contribution in [0.1, 0.15) is 30.1 Å². The zero-order valence-electron chi connectivity index (χ0n) is 10.1. The molecule has 18 heavy (non-hydrogen) atoms. The Kier molecular flexibility index (Phi) is 3.23. The molecule has 0 amide bonds. The molecule has 2 aromatic heterocycles. The van der Waals surface area contributed by atoms with Gasteiger partial charge in [0.1, 0.15) is 6.33 Å². The molecule has 0 radical (unpaired) electrons. The lowest BCUT2D eigenvalue weighted by molar-refractivity contribution is 0.243. The Morgan fingerprint density at radius 1 is 1.11 bits per heavy atom. The average Bonchev–Trinajstić information content (AvgIpc) is 2.89. The standard InChI is InChI=1S/C13H15N5/c1-2-13(12-8-14-3-4-17-12)18(5-1)9-11-6-15-10-16-7-11/h3-4,6-8,10,13H,1-2,5,9H2/t13-/m0/s1. The van der Waals surface area contributed by atoms with E-state index in [1.807, 2.05) is 18.6 Å². The molecule has 5 nitrogen and oxygen atoms in total. The summed E-state index contributed by atoms with van der Waals surface area (Å²) in [4.78, 5) is 19.1. The molecule has 0 spiro atoms. The smallest absolute Gasteiger partial charge is 0.115 e. The minimum atomic E-state index is 0.374. The summed E-state index contributed by atoms with van der Waals surface area (Å²) in [5.41, 5.74) is 2.21. The van der Waals surface area contributed by atoms with Crippen LogP contribution in [0.5, 0.6) is 0 Å². The molecule has 1 saturated heterocycles. The summed E-state index contributed by atoms with van der Waals surface area (Å²) in [6.45, 7) is 1.97. The monoisotopic (exact) mass is 241 g/mol. The van der Waals surface area contributed by atoms with Crippen LogP contribution in [0.25, 0.3) is 0 Å². The van der Waals surface area contributed by atoms with Crippen LogP contribution in [0, 0.1) is 0 Å². The Labute approximate surface area is 106 Å². The summed E-state index contributed by atoms with van der Waals surface area (Å²) in [5.74, 6) is 0. The fourth-order valence-electron chi connectivity index (χ4n) is 2.48. The maximum Gasteiger partial charge on any atom is 0.115 e. The van der Waals surface area contributed by atoms with E-state index < -0.39 is 0 Å². The van der Waals surface area contributed by atoms with Gasteiger partial charge < -0.3 is 0 Å². The first-order chi connectivity index (χ1) is 8.93. The Balaban J connectivity index is 1.76. The van der Waals surface area contributed by atoms with Crippen LogP contribution in [0.3, 0.4) is 0 Å². The van der Waals surface area contributed by atoms with Crippen LogP contribution >= 0.6 is 0 Å². The number of likely N-dealkylation sites (tertiary alicyclic amines) is 1. The van der Waals surface area contributed by atoms with E-state index in [0.717, 1.165) is 30.8 Å². The first-order valence-electron chi connectivity index (χ1n) is 6.17. The van der Waals surface area contributed by atoms with E-state index in [4.69, 9.17) is 0 Å². The van der Waals surface area contributed by atoms with E-state index in [9.17, 15) is 0 Å². The second kappa shape index (κ2) is 5.18. The maximum absolute atomic E-state index is 4.42. The molecule has 1 atom stereocenters. The molecule has 1 aliphatic heterocycles. The number of aromatic nitrogens is 4. The van der Waals surface area contributed by atoms with Gasteiger partial charge in [-0.05, 0) is 19.4 Å². The molecule has 0 aromatic carbocycles. The van der Waals surface area contributed by atoms with Gasteiger partial charge >= 0.3 is 0 Å². The predicted octanol–water partition coefficient (Wildman–Crippen LogP) is 1.60. The zero-order chi connectivity index (χ0) is 12.2. The quantitative estimate of drug-likeness (QED) is 0.817. The molecular formula is C13H15N5. The summed E-state index contributed by atoms with van der Waals surface area (Å²) in [5, 5.41) is 0. The maximum atomic E-state index is 4.42. The van der Waals surface area contributed by atoms with Gasteiger partial charge in [-0.25, -0.2) is 9.97 Å². The first kappa shape index (κ1) is 11.2. The van der Waals surface area contributed by atoms with Gasteiger partial charge in [-0.15, -0.1) is 0 Å². The topological polar surface area (TPSA) is 54.8 Å². The second-order valence-electron chi connectivity index (χ2n) is 4.51. The molecule has 1 fully saturated rings. The minimum Gasteiger partial charge on any atom is -0.290 e. The SMILES string of the molecule is c1cnc([C@@H]2CCCN2Cc2cncnc2)cn1. The summed E-state index contributed by atoms with van der Waals surface area (Å²) in [6.07, 6.45) is 13.0. The van der Waals surface area contributed by atoms with Crippen LogP contribution in [-0.2, 0) is 6.54 Å². The molecule has 92 valence electrons. The van der Waals surface area contributed by atoms with Crippen molar-refractivity contribution in [1.29, 1.82) is 0 Å². The summed E-state index contributed by atoms with van der Waals surface area (Å²) in [6, 6.07) is 0.374. The van der Waals surface area contributed by atoms with Crippen LogP contribution in [0.15, 0.2) is 37.3 Å². The summed E-state index contributed by atoms with van der Waals surface area (Å²) in [7, 11) is 0. The lowest BCUT2D eigenvalue weighted by atomic mass is 10.1. The highest BCUT2D eigenvalue weighted by molar-refractivity contribution is 5.08. The third-order valence-corrected chi connectivity index (χ3v) is 3.29. The van der Waals surface area contributed by atoms with Crippen molar-refractivity contribution in [3.8, 4) is 0 Å². The third-order valence-electron chi connectivity index (χ3n) is 3.29. The summed E-state index contributed by atoms with van der Waals surface area (Å²) < 4.78 is 0. The molecule has 2 aromatic rings. The number of hydrogen-bond acceptors (Lipinski definition) is 5. The van der Waals surface area contributed by atoms with Gasteiger partial charge in [0.2, 0.25) is 0 Å². The normalized spacial score (nSPS) is 20.1. The highest BCUT2D eigenvalue weighted by atomic mass is 15.2. The van der Waals surface area contributed by atoms with E-state index in [1.54, 1.807) is 18.7 Å². The molecule has 3 heterocycles. The van der Waals surface area contributed by atoms with E-state index in [2.05, 4.69) is 24.8 Å². The average molecular weight is 241 g/mol. The van der Waals surface area contributed by atoms with Crippen molar-refractivity contribution in [2.75, 3.05) is 6.54 Å². The van der Waals surface area contributed by atoms with Crippen molar-refractivity contribution in [2.24, 2.45) is 0 Å². The van der Waals surface area contributed by atoms with E-state index >= 15 is 0 Å². The van der Waals surface area contributed by atoms with Gasteiger partial charge in [0, 0.05) is 43.1 Å². The molecule has 3 rings (SSSR count). The van der Waals surface area contributed by atoms with Crippen molar-refractivity contribution in [3.05, 3.63) is 48.6 Å². The highest BCUT2D eigenvalue weighted by Gasteiger charge is 2.27. The molecule has 5 heteroatoms. The lowest BCUT2D eigenvalue weighted by Crippen LogP contribution is -2.23. The van der Waals surface area contributed by atoms with Crippen molar-refractivity contribution in [3.63, 3.8) is 0 Å². The van der Waals surface area contributed by atoms with Crippen molar-refractivity contribution < 1.29 is 0 Å².